The Bertz CT molecular complexity index is 667. The van der Waals surface area contributed by atoms with Crippen LogP contribution in [0.2, 0.25) is 0 Å². The van der Waals surface area contributed by atoms with E-state index in [0.29, 0.717) is 5.56 Å². The summed E-state index contributed by atoms with van der Waals surface area (Å²) >= 11 is 0. The second-order valence-electron chi connectivity index (χ2n) is 6.48. The summed E-state index contributed by atoms with van der Waals surface area (Å²) in [7, 11) is 1.63. The number of aryl methyl sites for hydroxylation is 1. The lowest BCUT2D eigenvalue weighted by atomic mass is 9.97. The number of ether oxygens (including phenoxy) is 1. The van der Waals surface area contributed by atoms with Crippen LogP contribution in [-0.4, -0.2) is 18.6 Å². The van der Waals surface area contributed by atoms with Gasteiger partial charge in [0.15, 0.2) is 0 Å². The van der Waals surface area contributed by atoms with E-state index in [-0.39, 0.29) is 11.4 Å². The first kappa shape index (κ1) is 16.1. The molecule has 0 spiro atoms. The highest BCUT2D eigenvalue weighted by molar-refractivity contribution is 6.01. The van der Waals surface area contributed by atoms with Crippen LogP contribution in [0.4, 0.5) is 0 Å². The molecule has 2 aromatic carbocycles. The Morgan fingerprint density at radius 3 is 2.23 bits per heavy atom. The molecule has 2 rings (SSSR count). The van der Waals surface area contributed by atoms with Crippen molar-refractivity contribution in [1.29, 1.82) is 0 Å². The van der Waals surface area contributed by atoms with E-state index >= 15 is 0 Å². The molecule has 0 saturated heterocycles. The van der Waals surface area contributed by atoms with Crippen LogP contribution >= 0.6 is 0 Å². The third-order valence-corrected chi connectivity index (χ3v) is 3.32. The normalized spacial score (nSPS) is 11.1. The number of rotatable bonds is 3. The Morgan fingerprint density at radius 2 is 1.68 bits per heavy atom. The molecule has 0 saturated carbocycles. The molecule has 0 aliphatic carbocycles. The molecular weight excluding hydrogens is 274 g/mol. The molecule has 22 heavy (non-hydrogen) atoms. The van der Waals surface area contributed by atoms with Gasteiger partial charge in [-0.05, 0) is 57.0 Å². The fourth-order valence-corrected chi connectivity index (χ4v) is 2.23. The molecule has 0 atom stereocenters. The van der Waals surface area contributed by atoms with E-state index in [0.717, 1.165) is 16.9 Å². The zero-order valence-corrected chi connectivity index (χ0v) is 13.9. The van der Waals surface area contributed by atoms with Crippen LogP contribution in [-0.2, 0) is 0 Å². The molecule has 3 heteroatoms. The van der Waals surface area contributed by atoms with Crippen LogP contribution < -0.4 is 10.1 Å². The van der Waals surface area contributed by atoms with E-state index in [1.165, 1.54) is 5.56 Å². The van der Waals surface area contributed by atoms with Crippen molar-refractivity contribution >= 4 is 5.91 Å². The maximum absolute atomic E-state index is 12.6. The molecule has 1 amide bonds. The maximum Gasteiger partial charge on any atom is 0.252 e. The molecule has 0 bridgehead atoms. The molecule has 2 aromatic rings. The van der Waals surface area contributed by atoms with Crippen LogP contribution in [0.5, 0.6) is 5.75 Å². The first-order valence-corrected chi connectivity index (χ1v) is 7.38. The molecule has 0 aliphatic heterocycles. The number of hydrogen-bond acceptors (Lipinski definition) is 2. The van der Waals surface area contributed by atoms with E-state index < -0.39 is 0 Å². The first-order chi connectivity index (χ1) is 10.3. The molecule has 3 nitrogen and oxygen atoms in total. The van der Waals surface area contributed by atoms with Gasteiger partial charge in [-0.1, -0.05) is 29.8 Å². The molecule has 116 valence electrons. The Labute approximate surface area is 132 Å². The smallest absolute Gasteiger partial charge is 0.252 e. The molecule has 0 heterocycles. The van der Waals surface area contributed by atoms with E-state index in [4.69, 9.17) is 4.74 Å². The van der Waals surface area contributed by atoms with Gasteiger partial charge in [0.25, 0.3) is 5.91 Å². The van der Waals surface area contributed by atoms with Gasteiger partial charge in [-0.15, -0.1) is 0 Å². The van der Waals surface area contributed by atoms with Crippen molar-refractivity contribution in [2.24, 2.45) is 0 Å². The monoisotopic (exact) mass is 297 g/mol. The molecule has 0 aliphatic rings. The van der Waals surface area contributed by atoms with E-state index in [1.54, 1.807) is 7.11 Å². The topological polar surface area (TPSA) is 38.3 Å². The fourth-order valence-electron chi connectivity index (χ4n) is 2.23. The van der Waals surface area contributed by atoms with Gasteiger partial charge in [0, 0.05) is 11.1 Å². The maximum atomic E-state index is 12.6. The second-order valence-corrected chi connectivity index (χ2v) is 6.48. The first-order valence-electron chi connectivity index (χ1n) is 7.38. The summed E-state index contributed by atoms with van der Waals surface area (Å²) < 4.78 is 5.30. The van der Waals surface area contributed by atoms with Crippen LogP contribution in [0, 0.1) is 6.92 Å². The van der Waals surface area contributed by atoms with Crippen molar-refractivity contribution in [1.82, 2.24) is 5.32 Å². The Kier molecular flexibility index (Phi) is 4.55. The Hall–Kier alpha value is -2.29. The van der Waals surface area contributed by atoms with Crippen LogP contribution in [0.15, 0.2) is 42.5 Å². The minimum absolute atomic E-state index is 0.0780. The molecule has 0 aromatic heterocycles. The summed E-state index contributed by atoms with van der Waals surface area (Å²) in [5, 5.41) is 3.01. The summed E-state index contributed by atoms with van der Waals surface area (Å²) in [5.41, 5.74) is 3.44. The average molecular weight is 297 g/mol. The van der Waals surface area contributed by atoms with Gasteiger partial charge in [-0.2, -0.15) is 0 Å². The lowest BCUT2D eigenvalue weighted by molar-refractivity contribution is 0.0920. The zero-order valence-electron chi connectivity index (χ0n) is 13.9. The Morgan fingerprint density at radius 1 is 1.05 bits per heavy atom. The molecular formula is C19H23NO2. The number of benzene rings is 2. The largest absolute Gasteiger partial charge is 0.497 e. The minimum Gasteiger partial charge on any atom is -0.497 e. The summed E-state index contributed by atoms with van der Waals surface area (Å²) in [4.78, 5) is 12.6. The van der Waals surface area contributed by atoms with E-state index in [1.807, 2.05) is 70.2 Å². The number of nitrogens with one attached hydrogen (secondary N) is 1. The number of hydrogen-bond donors (Lipinski definition) is 1. The van der Waals surface area contributed by atoms with Gasteiger partial charge in [0.05, 0.1) is 7.11 Å². The third-order valence-electron chi connectivity index (χ3n) is 3.32. The van der Waals surface area contributed by atoms with Crippen LogP contribution in [0.3, 0.4) is 0 Å². The van der Waals surface area contributed by atoms with Gasteiger partial charge in [-0.3, -0.25) is 4.79 Å². The standard InChI is InChI=1S/C19H23NO2/c1-13-6-8-14(9-7-13)17-12-15(22-5)10-11-16(17)18(21)20-19(2,3)4/h6-12H,1-5H3,(H,20,21). The van der Waals surface area contributed by atoms with Crippen molar-refractivity contribution < 1.29 is 9.53 Å². The van der Waals surface area contributed by atoms with Gasteiger partial charge < -0.3 is 10.1 Å². The highest BCUT2D eigenvalue weighted by Crippen LogP contribution is 2.28. The molecule has 0 fully saturated rings. The van der Waals surface area contributed by atoms with Gasteiger partial charge in [-0.25, -0.2) is 0 Å². The third kappa shape index (κ3) is 3.88. The lowest BCUT2D eigenvalue weighted by Crippen LogP contribution is -2.40. The van der Waals surface area contributed by atoms with Crippen molar-refractivity contribution in [2.45, 2.75) is 33.2 Å². The average Bonchev–Trinajstić information content (AvgIpc) is 2.45. The molecule has 1 N–H and O–H groups in total. The predicted octanol–water partition coefficient (Wildman–Crippen LogP) is 4.20. The highest BCUT2D eigenvalue weighted by Gasteiger charge is 2.19. The predicted molar refractivity (Wildman–Crippen MR) is 90.4 cm³/mol. The SMILES string of the molecule is COc1ccc(C(=O)NC(C)(C)C)c(-c2ccc(C)cc2)c1. The van der Waals surface area contributed by atoms with Crippen molar-refractivity contribution in [2.75, 3.05) is 7.11 Å². The number of carbonyl (C=O) groups is 1. The van der Waals surface area contributed by atoms with Crippen molar-refractivity contribution in [3.05, 3.63) is 53.6 Å². The van der Waals surface area contributed by atoms with E-state index in [9.17, 15) is 4.79 Å². The van der Waals surface area contributed by atoms with Gasteiger partial charge in [0.2, 0.25) is 0 Å². The van der Waals surface area contributed by atoms with Crippen LogP contribution in [0.25, 0.3) is 11.1 Å². The van der Waals surface area contributed by atoms with Gasteiger partial charge in [0.1, 0.15) is 5.75 Å². The number of methoxy groups -OCH3 is 1. The lowest BCUT2D eigenvalue weighted by Gasteiger charge is -2.22. The summed E-state index contributed by atoms with van der Waals surface area (Å²) in [5.74, 6) is 0.661. The zero-order chi connectivity index (χ0) is 16.3. The van der Waals surface area contributed by atoms with Gasteiger partial charge >= 0.3 is 0 Å². The number of amides is 1. The summed E-state index contributed by atoms with van der Waals surface area (Å²) in [6.45, 7) is 7.96. The van der Waals surface area contributed by atoms with E-state index in [2.05, 4.69) is 5.32 Å². The summed E-state index contributed by atoms with van der Waals surface area (Å²) in [6, 6.07) is 13.7. The highest BCUT2D eigenvalue weighted by atomic mass is 16.5. The quantitative estimate of drug-likeness (QED) is 0.922. The molecule has 0 radical (unpaired) electrons. The van der Waals surface area contributed by atoms with Crippen molar-refractivity contribution in [3.8, 4) is 16.9 Å². The minimum atomic E-state index is -0.276. The van der Waals surface area contributed by atoms with Crippen molar-refractivity contribution in [3.63, 3.8) is 0 Å². The van der Waals surface area contributed by atoms with Crippen LogP contribution in [0.1, 0.15) is 36.7 Å². The molecule has 0 unspecified atom stereocenters. The number of carbonyl (C=O) groups excluding carboxylic acids is 1. The Balaban J connectivity index is 2.50. The summed E-state index contributed by atoms with van der Waals surface area (Å²) in [6.07, 6.45) is 0. The second kappa shape index (κ2) is 6.22. The fraction of sp³-hybridized carbons (Fsp3) is 0.316.